The third-order valence-electron chi connectivity index (χ3n) is 2.24. The van der Waals surface area contributed by atoms with Crippen molar-refractivity contribution in [2.75, 3.05) is 19.0 Å². The molecule has 0 fully saturated rings. The first-order chi connectivity index (χ1) is 6.77. The summed E-state index contributed by atoms with van der Waals surface area (Å²) in [5.74, 6) is 0.952. The molecule has 0 aliphatic carbocycles. The molecule has 0 unspecified atom stereocenters. The Kier molecular flexibility index (Phi) is 4.30. The van der Waals surface area contributed by atoms with Crippen molar-refractivity contribution < 1.29 is 4.74 Å². The quantitative estimate of drug-likeness (QED) is 0.725. The molecule has 0 bridgehead atoms. The molecule has 0 heterocycles. The Morgan fingerprint density at radius 1 is 1.36 bits per heavy atom. The average molecular weight is 193 g/mol. The molecular weight excluding hydrogens is 174 g/mol. The number of nitrogens with one attached hydrogen (secondary N) is 1. The SMILES string of the molecule is CCCCOc1ccc(C)c(NC)c1. The van der Waals surface area contributed by atoms with Crippen molar-refractivity contribution in [1.29, 1.82) is 0 Å². The van der Waals surface area contributed by atoms with E-state index in [1.807, 2.05) is 19.2 Å². The Bertz CT molecular complexity index is 284. The number of anilines is 1. The summed E-state index contributed by atoms with van der Waals surface area (Å²) in [6, 6.07) is 6.14. The average Bonchev–Trinajstić information content (AvgIpc) is 2.21. The highest BCUT2D eigenvalue weighted by Gasteiger charge is 1.98. The first kappa shape index (κ1) is 10.9. The predicted octanol–water partition coefficient (Wildman–Crippen LogP) is 3.22. The van der Waals surface area contributed by atoms with Gasteiger partial charge in [0.05, 0.1) is 6.61 Å². The molecule has 0 amide bonds. The lowest BCUT2D eigenvalue weighted by Crippen LogP contribution is -1.98. The van der Waals surface area contributed by atoms with Gasteiger partial charge in [0.2, 0.25) is 0 Å². The van der Waals surface area contributed by atoms with E-state index in [-0.39, 0.29) is 0 Å². The van der Waals surface area contributed by atoms with Crippen LogP contribution >= 0.6 is 0 Å². The number of hydrogen-bond donors (Lipinski definition) is 1. The van der Waals surface area contributed by atoms with Gasteiger partial charge in [-0.15, -0.1) is 0 Å². The molecule has 2 nitrogen and oxygen atoms in total. The molecule has 1 rings (SSSR count). The molecular formula is C12H19NO. The van der Waals surface area contributed by atoms with Crippen molar-refractivity contribution in [1.82, 2.24) is 0 Å². The highest BCUT2D eigenvalue weighted by molar-refractivity contribution is 5.54. The highest BCUT2D eigenvalue weighted by Crippen LogP contribution is 2.21. The van der Waals surface area contributed by atoms with Crippen molar-refractivity contribution in [3.63, 3.8) is 0 Å². The Hall–Kier alpha value is -1.18. The first-order valence-electron chi connectivity index (χ1n) is 5.19. The van der Waals surface area contributed by atoms with E-state index in [4.69, 9.17) is 4.74 Å². The number of aryl methyl sites for hydroxylation is 1. The third-order valence-corrected chi connectivity index (χ3v) is 2.24. The van der Waals surface area contributed by atoms with Crippen LogP contribution in [0.5, 0.6) is 5.75 Å². The lowest BCUT2D eigenvalue weighted by Gasteiger charge is -2.09. The number of rotatable bonds is 5. The van der Waals surface area contributed by atoms with E-state index < -0.39 is 0 Å². The van der Waals surface area contributed by atoms with E-state index in [0.29, 0.717) is 0 Å². The number of unbranched alkanes of at least 4 members (excludes halogenated alkanes) is 1. The van der Waals surface area contributed by atoms with Gasteiger partial charge in [0.1, 0.15) is 5.75 Å². The minimum Gasteiger partial charge on any atom is -0.494 e. The monoisotopic (exact) mass is 193 g/mol. The molecule has 1 aromatic carbocycles. The van der Waals surface area contributed by atoms with E-state index in [2.05, 4.69) is 25.2 Å². The molecule has 0 spiro atoms. The summed E-state index contributed by atoms with van der Waals surface area (Å²) >= 11 is 0. The molecule has 1 aromatic rings. The maximum absolute atomic E-state index is 5.60. The summed E-state index contributed by atoms with van der Waals surface area (Å²) in [7, 11) is 1.93. The minimum absolute atomic E-state index is 0.808. The topological polar surface area (TPSA) is 21.3 Å². The van der Waals surface area contributed by atoms with Crippen LogP contribution in [0.3, 0.4) is 0 Å². The van der Waals surface area contributed by atoms with Crippen LogP contribution < -0.4 is 10.1 Å². The van der Waals surface area contributed by atoms with Crippen LogP contribution in [-0.2, 0) is 0 Å². The predicted molar refractivity (Wildman–Crippen MR) is 61.1 cm³/mol. The molecule has 0 aliphatic heterocycles. The van der Waals surface area contributed by atoms with Gasteiger partial charge in [-0.05, 0) is 25.0 Å². The van der Waals surface area contributed by atoms with Crippen molar-refractivity contribution in [3.05, 3.63) is 23.8 Å². The Morgan fingerprint density at radius 2 is 2.14 bits per heavy atom. The molecule has 0 atom stereocenters. The van der Waals surface area contributed by atoms with E-state index in [1.54, 1.807) is 0 Å². The standard InChI is InChI=1S/C12H19NO/c1-4-5-8-14-11-7-6-10(2)12(9-11)13-3/h6-7,9,13H,4-5,8H2,1-3H3. The first-order valence-corrected chi connectivity index (χ1v) is 5.19. The lowest BCUT2D eigenvalue weighted by molar-refractivity contribution is 0.309. The van der Waals surface area contributed by atoms with Gasteiger partial charge in [0, 0.05) is 18.8 Å². The molecule has 0 saturated carbocycles. The van der Waals surface area contributed by atoms with Gasteiger partial charge < -0.3 is 10.1 Å². The van der Waals surface area contributed by atoms with E-state index in [0.717, 1.165) is 24.5 Å². The van der Waals surface area contributed by atoms with Crippen LogP contribution in [0.2, 0.25) is 0 Å². The van der Waals surface area contributed by atoms with Crippen molar-refractivity contribution in [3.8, 4) is 5.75 Å². The molecule has 2 heteroatoms. The largest absolute Gasteiger partial charge is 0.494 e. The van der Waals surface area contributed by atoms with E-state index in [9.17, 15) is 0 Å². The fourth-order valence-corrected chi connectivity index (χ4v) is 1.29. The summed E-state index contributed by atoms with van der Waals surface area (Å²) in [6.07, 6.45) is 2.29. The summed E-state index contributed by atoms with van der Waals surface area (Å²) in [5.41, 5.74) is 2.38. The van der Waals surface area contributed by atoms with Gasteiger partial charge in [-0.1, -0.05) is 19.4 Å². The van der Waals surface area contributed by atoms with Gasteiger partial charge in [-0.3, -0.25) is 0 Å². The van der Waals surface area contributed by atoms with E-state index in [1.165, 1.54) is 12.0 Å². The lowest BCUT2D eigenvalue weighted by atomic mass is 10.2. The molecule has 78 valence electrons. The number of hydrogen-bond acceptors (Lipinski definition) is 2. The minimum atomic E-state index is 0.808. The van der Waals surface area contributed by atoms with Gasteiger partial charge in [0.25, 0.3) is 0 Å². The second-order valence-electron chi connectivity index (χ2n) is 3.43. The zero-order valence-electron chi connectivity index (χ0n) is 9.26. The van der Waals surface area contributed by atoms with Crippen molar-refractivity contribution in [2.45, 2.75) is 26.7 Å². The normalized spacial score (nSPS) is 9.93. The van der Waals surface area contributed by atoms with Crippen LogP contribution in [0.15, 0.2) is 18.2 Å². The van der Waals surface area contributed by atoms with Gasteiger partial charge >= 0.3 is 0 Å². The number of ether oxygens (including phenoxy) is 1. The third kappa shape index (κ3) is 2.95. The Balaban J connectivity index is 2.60. The summed E-state index contributed by atoms with van der Waals surface area (Å²) in [4.78, 5) is 0. The Labute approximate surface area is 86.3 Å². The van der Waals surface area contributed by atoms with Crippen molar-refractivity contribution >= 4 is 5.69 Å². The maximum atomic E-state index is 5.60. The molecule has 0 aliphatic rings. The van der Waals surface area contributed by atoms with E-state index >= 15 is 0 Å². The van der Waals surface area contributed by atoms with Crippen LogP contribution in [0.1, 0.15) is 25.3 Å². The molecule has 0 saturated heterocycles. The van der Waals surface area contributed by atoms with Crippen molar-refractivity contribution in [2.24, 2.45) is 0 Å². The van der Waals surface area contributed by atoms with Gasteiger partial charge in [0.15, 0.2) is 0 Å². The maximum Gasteiger partial charge on any atom is 0.121 e. The van der Waals surface area contributed by atoms with Crippen LogP contribution in [0.25, 0.3) is 0 Å². The summed E-state index contributed by atoms with van der Waals surface area (Å²) in [5, 5.41) is 3.15. The molecule has 0 radical (unpaired) electrons. The Morgan fingerprint density at radius 3 is 2.79 bits per heavy atom. The fourth-order valence-electron chi connectivity index (χ4n) is 1.29. The van der Waals surface area contributed by atoms with Gasteiger partial charge in [-0.2, -0.15) is 0 Å². The van der Waals surface area contributed by atoms with Crippen LogP contribution in [-0.4, -0.2) is 13.7 Å². The van der Waals surface area contributed by atoms with Crippen LogP contribution in [0, 0.1) is 6.92 Å². The van der Waals surface area contributed by atoms with Crippen LogP contribution in [0.4, 0.5) is 5.69 Å². The van der Waals surface area contributed by atoms with Gasteiger partial charge in [-0.25, -0.2) is 0 Å². The highest BCUT2D eigenvalue weighted by atomic mass is 16.5. The smallest absolute Gasteiger partial charge is 0.121 e. The number of benzene rings is 1. The second kappa shape index (κ2) is 5.53. The summed E-state index contributed by atoms with van der Waals surface area (Å²) < 4.78 is 5.60. The second-order valence-corrected chi connectivity index (χ2v) is 3.43. The molecule has 1 N–H and O–H groups in total. The fraction of sp³-hybridized carbons (Fsp3) is 0.500. The zero-order valence-corrected chi connectivity index (χ0v) is 9.26. The zero-order chi connectivity index (χ0) is 10.4. The molecule has 0 aromatic heterocycles. The molecule has 14 heavy (non-hydrogen) atoms. The summed E-state index contributed by atoms with van der Waals surface area (Å²) in [6.45, 7) is 5.06.